The summed E-state index contributed by atoms with van der Waals surface area (Å²) in [5.74, 6) is -0.152. The van der Waals surface area contributed by atoms with Gasteiger partial charge >= 0.3 is 0 Å². The van der Waals surface area contributed by atoms with Crippen LogP contribution < -0.4 is 5.56 Å². The second kappa shape index (κ2) is 3.84. The minimum atomic E-state index is -0.266. The first-order valence-electron chi connectivity index (χ1n) is 3.83. The van der Waals surface area contributed by atoms with E-state index in [4.69, 9.17) is 0 Å². The van der Waals surface area contributed by atoms with Crippen molar-refractivity contribution in [3.8, 4) is 0 Å². The van der Waals surface area contributed by atoms with E-state index in [-0.39, 0.29) is 18.0 Å². The molecule has 0 aliphatic rings. The van der Waals surface area contributed by atoms with E-state index in [1.54, 1.807) is 20.2 Å². The van der Waals surface area contributed by atoms with Crippen molar-refractivity contribution in [2.24, 2.45) is 0 Å². The van der Waals surface area contributed by atoms with Gasteiger partial charge in [-0.1, -0.05) is 0 Å². The first-order valence-corrected chi connectivity index (χ1v) is 3.83. The Balaban J connectivity index is 2.81. The number of hydrogen-bond acceptors (Lipinski definition) is 3. The van der Waals surface area contributed by atoms with Gasteiger partial charge in [0, 0.05) is 26.4 Å². The Morgan fingerprint density at radius 1 is 1.62 bits per heavy atom. The summed E-state index contributed by atoms with van der Waals surface area (Å²) in [6.45, 7) is -0.00727. The maximum atomic E-state index is 11.2. The Labute approximate surface area is 75.6 Å². The molecule has 0 saturated heterocycles. The minimum Gasteiger partial charge on any atom is -0.347 e. The zero-order valence-electron chi connectivity index (χ0n) is 7.60. The first-order chi connectivity index (χ1) is 6.11. The number of aromatic nitrogens is 2. The molecule has 1 heterocycles. The lowest BCUT2D eigenvalue weighted by Gasteiger charge is -2.09. The highest BCUT2D eigenvalue weighted by Gasteiger charge is 2.05. The van der Waals surface area contributed by atoms with Gasteiger partial charge in [0.1, 0.15) is 6.54 Å². The lowest BCUT2D eigenvalue weighted by atomic mass is 10.5. The number of rotatable bonds is 2. The molecule has 5 heteroatoms. The molecule has 1 amide bonds. The van der Waals surface area contributed by atoms with Crippen molar-refractivity contribution < 1.29 is 4.79 Å². The summed E-state index contributed by atoms with van der Waals surface area (Å²) in [5.41, 5.74) is -0.266. The summed E-state index contributed by atoms with van der Waals surface area (Å²) in [6, 6.07) is 2.91. The maximum absolute atomic E-state index is 11.2. The van der Waals surface area contributed by atoms with Crippen molar-refractivity contribution in [2.75, 3.05) is 14.1 Å². The average molecular weight is 181 g/mol. The monoisotopic (exact) mass is 181 g/mol. The highest BCUT2D eigenvalue weighted by atomic mass is 16.2. The number of likely N-dealkylation sites (N-methyl/N-ethyl adjacent to an activating group) is 1. The van der Waals surface area contributed by atoms with Crippen molar-refractivity contribution in [1.29, 1.82) is 0 Å². The molecule has 0 fully saturated rings. The van der Waals surface area contributed by atoms with Crippen LogP contribution in [-0.4, -0.2) is 34.7 Å². The Morgan fingerprint density at radius 2 is 2.31 bits per heavy atom. The molecule has 1 aromatic rings. The predicted molar refractivity (Wildman–Crippen MR) is 47.2 cm³/mol. The average Bonchev–Trinajstić information content (AvgIpc) is 2.08. The molecule has 1 rings (SSSR count). The van der Waals surface area contributed by atoms with E-state index in [2.05, 4.69) is 5.10 Å². The largest absolute Gasteiger partial charge is 0.347 e. The highest BCUT2D eigenvalue weighted by Crippen LogP contribution is 1.82. The van der Waals surface area contributed by atoms with Gasteiger partial charge < -0.3 is 4.90 Å². The molecule has 0 atom stereocenters. The van der Waals surface area contributed by atoms with Crippen molar-refractivity contribution in [3.63, 3.8) is 0 Å². The number of nitrogens with zero attached hydrogens (tertiary/aromatic N) is 3. The van der Waals surface area contributed by atoms with Crippen LogP contribution >= 0.6 is 0 Å². The number of hydrogen-bond donors (Lipinski definition) is 0. The second-order valence-electron chi connectivity index (χ2n) is 2.81. The first kappa shape index (κ1) is 9.44. The molecule has 0 aliphatic carbocycles. The topological polar surface area (TPSA) is 55.2 Å². The molecular weight excluding hydrogens is 170 g/mol. The maximum Gasteiger partial charge on any atom is 0.267 e. The van der Waals surface area contributed by atoms with E-state index in [1.165, 1.54) is 17.2 Å². The van der Waals surface area contributed by atoms with Gasteiger partial charge in [0.2, 0.25) is 5.91 Å². The van der Waals surface area contributed by atoms with Crippen molar-refractivity contribution in [2.45, 2.75) is 6.54 Å². The van der Waals surface area contributed by atoms with Gasteiger partial charge in [-0.25, -0.2) is 4.68 Å². The summed E-state index contributed by atoms with van der Waals surface area (Å²) in [5, 5.41) is 3.76. The summed E-state index contributed by atoms with van der Waals surface area (Å²) < 4.78 is 1.13. The fraction of sp³-hybridized carbons (Fsp3) is 0.375. The molecular formula is C8H11N3O2. The fourth-order valence-electron chi connectivity index (χ4n) is 0.776. The van der Waals surface area contributed by atoms with Gasteiger partial charge in [-0.15, -0.1) is 0 Å². The van der Waals surface area contributed by atoms with E-state index in [1.807, 2.05) is 0 Å². The van der Waals surface area contributed by atoms with Gasteiger partial charge in [-0.05, 0) is 6.07 Å². The summed E-state index contributed by atoms with van der Waals surface area (Å²) in [7, 11) is 3.27. The summed E-state index contributed by atoms with van der Waals surface area (Å²) in [4.78, 5) is 23.7. The lowest BCUT2D eigenvalue weighted by Crippen LogP contribution is -2.32. The minimum absolute atomic E-state index is 0.00727. The Bertz CT molecular complexity index is 356. The third-order valence-electron chi connectivity index (χ3n) is 1.57. The van der Waals surface area contributed by atoms with Crippen LogP contribution in [0.5, 0.6) is 0 Å². The van der Waals surface area contributed by atoms with Crippen LogP contribution in [0.3, 0.4) is 0 Å². The molecule has 0 N–H and O–H groups in total. The number of carbonyl (C=O) groups excluding carboxylic acids is 1. The summed E-state index contributed by atoms with van der Waals surface area (Å²) >= 11 is 0. The zero-order chi connectivity index (χ0) is 9.84. The van der Waals surface area contributed by atoms with Gasteiger partial charge in [-0.2, -0.15) is 5.10 Å². The van der Waals surface area contributed by atoms with E-state index < -0.39 is 0 Å². The fourth-order valence-corrected chi connectivity index (χ4v) is 0.776. The van der Waals surface area contributed by atoms with Crippen LogP contribution in [0.25, 0.3) is 0 Å². The van der Waals surface area contributed by atoms with Crippen molar-refractivity contribution in [3.05, 3.63) is 28.7 Å². The molecule has 70 valence electrons. The Hall–Kier alpha value is -1.65. The molecule has 0 bridgehead atoms. The third kappa shape index (κ3) is 2.40. The molecule has 13 heavy (non-hydrogen) atoms. The molecule has 0 unspecified atom stereocenters. The van der Waals surface area contributed by atoms with Crippen LogP contribution in [0, 0.1) is 0 Å². The second-order valence-corrected chi connectivity index (χ2v) is 2.81. The molecule has 0 radical (unpaired) electrons. The predicted octanol–water partition coefficient (Wildman–Crippen LogP) is -0.669. The molecule has 0 saturated carbocycles. The number of amides is 1. The SMILES string of the molecule is CN(C)C(=O)Cn1ncccc1=O. The van der Waals surface area contributed by atoms with Gasteiger partial charge in [0.25, 0.3) is 5.56 Å². The van der Waals surface area contributed by atoms with Crippen LogP contribution in [0.15, 0.2) is 23.1 Å². The Kier molecular flexibility index (Phi) is 2.79. The molecule has 1 aromatic heterocycles. The van der Waals surface area contributed by atoms with E-state index in [0.29, 0.717) is 0 Å². The standard InChI is InChI=1S/C8H11N3O2/c1-10(2)8(13)6-11-7(12)4-3-5-9-11/h3-5H,6H2,1-2H3. The van der Waals surface area contributed by atoms with Crippen molar-refractivity contribution >= 4 is 5.91 Å². The molecule has 0 aromatic carbocycles. The quantitative estimate of drug-likeness (QED) is 0.608. The highest BCUT2D eigenvalue weighted by molar-refractivity contribution is 5.75. The Morgan fingerprint density at radius 3 is 2.85 bits per heavy atom. The molecule has 0 aliphatic heterocycles. The number of carbonyl (C=O) groups is 1. The lowest BCUT2D eigenvalue weighted by molar-refractivity contribution is -0.129. The smallest absolute Gasteiger partial charge is 0.267 e. The van der Waals surface area contributed by atoms with E-state index >= 15 is 0 Å². The summed E-state index contributed by atoms with van der Waals surface area (Å²) in [6.07, 6.45) is 1.48. The van der Waals surface area contributed by atoms with Gasteiger partial charge in [0.05, 0.1) is 0 Å². The van der Waals surface area contributed by atoms with E-state index in [9.17, 15) is 9.59 Å². The van der Waals surface area contributed by atoms with Gasteiger partial charge in [-0.3, -0.25) is 9.59 Å². The zero-order valence-corrected chi connectivity index (χ0v) is 7.60. The van der Waals surface area contributed by atoms with Gasteiger partial charge in [0.15, 0.2) is 0 Å². The van der Waals surface area contributed by atoms with Crippen LogP contribution in [-0.2, 0) is 11.3 Å². The van der Waals surface area contributed by atoms with E-state index in [0.717, 1.165) is 4.68 Å². The molecule has 5 nitrogen and oxygen atoms in total. The van der Waals surface area contributed by atoms with Crippen molar-refractivity contribution in [1.82, 2.24) is 14.7 Å². The normalized spacial score (nSPS) is 9.69. The third-order valence-corrected chi connectivity index (χ3v) is 1.57. The molecule has 0 spiro atoms. The van der Waals surface area contributed by atoms with Crippen LogP contribution in [0.1, 0.15) is 0 Å². The van der Waals surface area contributed by atoms with Crippen LogP contribution in [0.2, 0.25) is 0 Å². The van der Waals surface area contributed by atoms with Crippen LogP contribution in [0.4, 0.5) is 0 Å².